The highest BCUT2D eigenvalue weighted by Gasteiger charge is 2.33. The zero-order valence-electron chi connectivity index (χ0n) is 14.7. The minimum absolute atomic E-state index is 0.0971. The van der Waals surface area contributed by atoms with Crippen LogP contribution in [-0.4, -0.2) is 53.5 Å². The first-order chi connectivity index (χ1) is 12.8. The number of hydrogen-bond donors (Lipinski definition) is 0. The fourth-order valence-electron chi connectivity index (χ4n) is 2.83. The number of carbonyl (C=O) groups excluding carboxylic acids is 3. The van der Waals surface area contributed by atoms with Gasteiger partial charge in [0.05, 0.1) is 11.5 Å². The van der Waals surface area contributed by atoms with Crippen LogP contribution < -0.4 is 0 Å². The van der Waals surface area contributed by atoms with Crippen LogP contribution in [-0.2, 0) is 19.1 Å². The summed E-state index contributed by atoms with van der Waals surface area (Å²) < 4.78 is 9.91. The number of carbonyl (C=O) groups is 3. The molecule has 0 radical (unpaired) electrons. The molecule has 1 unspecified atom stereocenters. The van der Waals surface area contributed by atoms with Gasteiger partial charge < -0.3 is 14.4 Å². The Kier molecular flexibility index (Phi) is 7.12. The van der Waals surface area contributed by atoms with Crippen molar-refractivity contribution in [1.29, 1.82) is 0 Å². The molecular weight excluding hydrogens is 380 g/mol. The summed E-state index contributed by atoms with van der Waals surface area (Å²) in [7, 11) is 0. The van der Waals surface area contributed by atoms with E-state index >= 15 is 0 Å². The summed E-state index contributed by atoms with van der Waals surface area (Å²) >= 11 is 5.70. The molecule has 1 aliphatic rings. The lowest BCUT2D eigenvalue weighted by molar-refractivity contribution is -0.385. The SMILES string of the molecule is CCOC(=O)C1CCCCN1C(=O)COC(=O)c1ccc(Cl)cc1[N+](=O)[O-]. The Labute approximate surface area is 160 Å². The molecule has 146 valence electrons. The van der Waals surface area contributed by atoms with Gasteiger partial charge in [-0.15, -0.1) is 0 Å². The maximum Gasteiger partial charge on any atom is 0.345 e. The number of halogens is 1. The fourth-order valence-corrected chi connectivity index (χ4v) is 3.00. The van der Waals surface area contributed by atoms with Crippen LogP contribution in [0.2, 0.25) is 5.02 Å². The molecule has 2 rings (SSSR count). The maximum atomic E-state index is 12.4. The van der Waals surface area contributed by atoms with Gasteiger partial charge in [-0.05, 0) is 38.3 Å². The van der Waals surface area contributed by atoms with Crippen LogP contribution in [0.15, 0.2) is 18.2 Å². The summed E-state index contributed by atoms with van der Waals surface area (Å²) in [5.41, 5.74) is -0.819. The van der Waals surface area contributed by atoms with Crippen LogP contribution in [0.3, 0.4) is 0 Å². The first kappa shape index (κ1) is 20.6. The normalized spacial score (nSPS) is 16.5. The number of rotatable bonds is 6. The van der Waals surface area contributed by atoms with Crippen molar-refractivity contribution < 1.29 is 28.8 Å². The van der Waals surface area contributed by atoms with Crippen molar-refractivity contribution in [3.05, 3.63) is 38.9 Å². The fraction of sp³-hybridized carbons (Fsp3) is 0.471. The van der Waals surface area contributed by atoms with Crippen molar-refractivity contribution in [2.24, 2.45) is 0 Å². The van der Waals surface area contributed by atoms with Gasteiger partial charge in [0.2, 0.25) is 0 Å². The molecule has 1 saturated heterocycles. The molecule has 1 heterocycles. The lowest BCUT2D eigenvalue weighted by Crippen LogP contribution is -2.50. The second kappa shape index (κ2) is 9.31. The van der Waals surface area contributed by atoms with Crippen molar-refractivity contribution in [2.45, 2.75) is 32.2 Å². The molecule has 1 atom stereocenters. The number of piperidine rings is 1. The molecule has 10 heteroatoms. The van der Waals surface area contributed by atoms with Gasteiger partial charge in [-0.2, -0.15) is 0 Å². The molecule has 0 aliphatic carbocycles. The molecule has 0 N–H and O–H groups in total. The van der Waals surface area contributed by atoms with Crippen LogP contribution in [0.5, 0.6) is 0 Å². The van der Waals surface area contributed by atoms with Crippen molar-refractivity contribution in [1.82, 2.24) is 4.90 Å². The smallest absolute Gasteiger partial charge is 0.345 e. The van der Waals surface area contributed by atoms with Crippen LogP contribution in [0.1, 0.15) is 36.5 Å². The van der Waals surface area contributed by atoms with E-state index in [2.05, 4.69) is 0 Å². The molecule has 1 amide bonds. The Morgan fingerprint density at radius 3 is 2.70 bits per heavy atom. The Bertz CT molecular complexity index is 753. The zero-order valence-corrected chi connectivity index (χ0v) is 15.4. The molecule has 1 aromatic rings. The van der Waals surface area contributed by atoms with Gasteiger partial charge in [0, 0.05) is 17.6 Å². The summed E-state index contributed by atoms with van der Waals surface area (Å²) in [6.45, 7) is 1.59. The minimum atomic E-state index is -1.02. The van der Waals surface area contributed by atoms with E-state index in [-0.39, 0.29) is 17.2 Å². The molecule has 0 spiro atoms. The molecule has 0 saturated carbocycles. The highest BCUT2D eigenvalue weighted by Crippen LogP contribution is 2.24. The number of likely N-dealkylation sites (tertiary alicyclic amines) is 1. The monoisotopic (exact) mass is 398 g/mol. The predicted molar refractivity (Wildman–Crippen MR) is 94.4 cm³/mol. The number of nitrogens with zero attached hydrogens (tertiary/aromatic N) is 2. The molecule has 27 heavy (non-hydrogen) atoms. The summed E-state index contributed by atoms with van der Waals surface area (Å²) in [6, 6.07) is 2.79. The largest absolute Gasteiger partial charge is 0.464 e. The summed E-state index contributed by atoms with van der Waals surface area (Å²) in [5, 5.41) is 11.2. The summed E-state index contributed by atoms with van der Waals surface area (Å²) in [5.74, 6) is -2.07. The molecule has 1 aliphatic heterocycles. The van der Waals surface area contributed by atoms with Gasteiger partial charge in [0.1, 0.15) is 11.6 Å². The maximum absolute atomic E-state index is 12.4. The van der Waals surface area contributed by atoms with Gasteiger partial charge in [0.25, 0.3) is 11.6 Å². The molecule has 0 bridgehead atoms. The zero-order chi connectivity index (χ0) is 20.0. The molecule has 1 fully saturated rings. The molecule has 1 aromatic carbocycles. The Balaban J connectivity index is 2.05. The number of esters is 2. The van der Waals surface area contributed by atoms with Crippen molar-refractivity contribution in [2.75, 3.05) is 19.8 Å². The number of hydrogen-bond acceptors (Lipinski definition) is 7. The Morgan fingerprint density at radius 2 is 2.04 bits per heavy atom. The average Bonchev–Trinajstić information content (AvgIpc) is 2.65. The number of nitro groups is 1. The second-order valence-electron chi connectivity index (χ2n) is 5.85. The first-order valence-corrected chi connectivity index (χ1v) is 8.80. The third-order valence-corrected chi connectivity index (χ3v) is 4.32. The Morgan fingerprint density at radius 1 is 1.30 bits per heavy atom. The highest BCUT2D eigenvalue weighted by atomic mass is 35.5. The summed E-state index contributed by atoms with van der Waals surface area (Å²) in [6.07, 6.45) is 1.98. The topological polar surface area (TPSA) is 116 Å². The third-order valence-electron chi connectivity index (χ3n) is 4.08. The average molecular weight is 399 g/mol. The standard InChI is InChI=1S/C17H19ClN2O7/c1-2-26-17(23)13-5-3-4-8-19(13)15(21)10-27-16(22)12-7-6-11(18)9-14(12)20(24)25/h6-7,9,13H,2-5,8,10H2,1H3. The van der Waals surface area contributed by atoms with E-state index in [9.17, 15) is 24.5 Å². The van der Waals surface area contributed by atoms with Gasteiger partial charge in [-0.1, -0.05) is 11.6 Å². The van der Waals surface area contributed by atoms with Crippen molar-refractivity contribution in [3.63, 3.8) is 0 Å². The van der Waals surface area contributed by atoms with Gasteiger partial charge >= 0.3 is 11.9 Å². The molecule has 0 aromatic heterocycles. The van der Waals surface area contributed by atoms with Gasteiger partial charge in [-0.3, -0.25) is 14.9 Å². The van der Waals surface area contributed by atoms with E-state index in [1.165, 1.54) is 11.0 Å². The van der Waals surface area contributed by atoms with E-state index < -0.39 is 41.1 Å². The van der Waals surface area contributed by atoms with Crippen LogP contribution >= 0.6 is 11.6 Å². The third kappa shape index (κ3) is 5.16. The lowest BCUT2D eigenvalue weighted by atomic mass is 10.0. The number of nitro benzene ring substituents is 1. The summed E-state index contributed by atoms with van der Waals surface area (Å²) in [4.78, 5) is 48.2. The van der Waals surface area contributed by atoms with E-state index in [1.54, 1.807) is 6.92 Å². The van der Waals surface area contributed by atoms with Gasteiger partial charge in [0.15, 0.2) is 6.61 Å². The number of benzene rings is 1. The first-order valence-electron chi connectivity index (χ1n) is 8.42. The van der Waals surface area contributed by atoms with E-state index in [0.717, 1.165) is 25.0 Å². The molecule has 9 nitrogen and oxygen atoms in total. The van der Waals surface area contributed by atoms with Crippen molar-refractivity contribution in [3.8, 4) is 0 Å². The second-order valence-corrected chi connectivity index (χ2v) is 6.28. The van der Waals surface area contributed by atoms with Gasteiger partial charge in [-0.25, -0.2) is 9.59 Å². The van der Waals surface area contributed by atoms with Crippen LogP contribution in [0.25, 0.3) is 0 Å². The van der Waals surface area contributed by atoms with Crippen LogP contribution in [0.4, 0.5) is 5.69 Å². The van der Waals surface area contributed by atoms with Crippen LogP contribution in [0, 0.1) is 10.1 Å². The van der Waals surface area contributed by atoms with E-state index in [1.807, 2.05) is 0 Å². The van der Waals surface area contributed by atoms with Crippen molar-refractivity contribution >= 4 is 35.1 Å². The molecular formula is C17H19ClN2O7. The highest BCUT2D eigenvalue weighted by molar-refractivity contribution is 6.31. The van der Waals surface area contributed by atoms with E-state index in [0.29, 0.717) is 13.0 Å². The minimum Gasteiger partial charge on any atom is -0.464 e. The quantitative estimate of drug-likeness (QED) is 0.410. The number of amides is 1. The predicted octanol–water partition coefficient (Wildman–Crippen LogP) is 2.35. The number of ether oxygens (including phenoxy) is 2. The lowest BCUT2D eigenvalue weighted by Gasteiger charge is -2.33. The van der Waals surface area contributed by atoms with E-state index in [4.69, 9.17) is 21.1 Å². The Hall–Kier alpha value is -2.68.